The first-order valence-electron chi connectivity index (χ1n) is 7.97. The third kappa shape index (κ3) is 2.94. The predicted molar refractivity (Wildman–Crippen MR) is 90.2 cm³/mol. The fourth-order valence-electron chi connectivity index (χ4n) is 2.94. The lowest BCUT2D eigenvalue weighted by Gasteiger charge is -2.08. The van der Waals surface area contributed by atoms with Gasteiger partial charge >= 0.3 is 0 Å². The highest BCUT2D eigenvalue weighted by atomic mass is 19.2. The smallest absolute Gasteiger partial charge is 0.161 e. The lowest BCUT2D eigenvalue weighted by Crippen LogP contribution is -2.04. The lowest BCUT2D eigenvalue weighted by molar-refractivity contribution is 0.451. The number of halogens is 3. The molecule has 0 saturated heterocycles. The molecule has 0 aliphatic heterocycles. The van der Waals surface area contributed by atoms with E-state index < -0.39 is 18.3 Å². The first-order valence-corrected chi connectivity index (χ1v) is 7.97. The van der Waals surface area contributed by atoms with Gasteiger partial charge in [0.2, 0.25) is 0 Å². The molecule has 8 heteroatoms. The normalized spacial score (nSPS) is 11.3. The zero-order valence-electron chi connectivity index (χ0n) is 13.6. The maximum atomic E-state index is 13.6. The van der Waals surface area contributed by atoms with Crippen molar-refractivity contribution < 1.29 is 13.2 Å². The summed E-state index contributed by atoms with van der Waals surface area (Å²) in [6, 6.07) is 3.93. The second kappa shape index (κ2) is 6.62. The Morgan fingerprint density at radius 3 is 2.62 bits per heavy atom. The van der Waals surface area contributed by atoms with E-state index >= 15 is 0 Å². The van der Waals surface area contributed by atoms with Gasteiger partial charge in [-0.05, 0) is 11.6 Å². The molecular formula is C18H14F3N5. The van der Waals surface area contributed by atoms with Gasteiger partial charge in [0.05, 0.1) is 30.5 Å². The lowest BCUT2D eigenvalue weighted by atomic mass is 10.2. The molecule has 0 unspecified atom stereocenters. The molecule has 3 aromatic heterocycles. The first kappa shape index (κ1) is 16.3. The molecule has 1 aromatic carbocycles. The number of pyridine rings is 1. The van der Waals surface area contributed by atoms with Crippen LogP contribution in [0.1, 0.15) is 5.56 Å². The Labute approximate surface area is 146 Å². The van der Waals surface area contributed by atoms with Crippen LogP contribution in [0.5, 0.6) is 0 Å². The largest absolute Gasteiger partial charge is 0.333 e. The van der Waals surface area contributed by atoms with Crippen molar-refractivity contribution >= 4 is 11.0 Å². The average Bonchev–Trinajstić information content (AvgIpc) is 3.25. The van der Waals surface area contributed by atoms with Gasteiger partial charge in [0.15, 0.2) is 11.6 Å². The molecule has 0 saturated carbocycles. The van der Waals surface area contributed by atoms with E-state index in [1.54, 1.807) is 24.9 Å². The second-order valence-electron chi connectivity index (χ2n) is 5.85. The monoisotopic (exact) mass is 357 g/mol. The highest BCUT2D eigenvalue weighted by Crippen LogP contribution is 2.27. The van der Waals surface area contributed by atoms with Crippen LogP contribution in [0, 0.1) is 11.6 Å². The summed E-state index contributed by atoms with van der Waals surface area (Å²) in [5.74, 6) is -1.56. The van der Waals surface area contributed by atoms with Crippen molar-refractivity contribution in [2.45, 2.75) is 13.1 Å². The number of hydrogen-bond donors (Lipinski definition) is 0. The second-order valence-corrected chi connectivity index (χ2v) is 5.85. The molecule has 0 N–H and O–H groups in total. The highest BCUT2D eigenvalue weighted by molar-refractivity contribution is 5.80. The van der Waals surface area contributed by atoms with Gasteiger partial charge in [-0.15, -0.1) is 0 Å². The van der Waals surface area contributed by atoms with Gasteiger partial charge in [-0.25, -0.2) is 23.1 Å². The standard InChI is InChI=1S/C18H14F3N5/c19-1-3-26-17-7-15(21)14(20)6-16(17)24-18(26)13-5-12(8-23-9-13)10-25-4-2-22-11-25/h2,4-9,11H,1,3,10H2. The summed E-state index contributed by atoms with van der Waals surface area (Å²) in [5, 5.41) is 0. The Hall–Kier alpha value is -3.16. The third-order valence-corrected chi connectivity index (χ3v) is 4.08. The molecule has 26 heavy (non-hydrogen) atoms. The quantitative estimate of drug-likeness (QED) is 0.548. The average molecular weight is 357 g/mol. The molecule has 132 valence electrons. The molecule has 0 amide bonds. The Balaban J connectivity index is 1.81. The molecule has 0 spiro atoms. The van der Waals surface area contributed by atoms with Gasteiger partial charge in [-0.2, -0.15) is 0 Å². The summed E-state index contributed by atoms with van der Waals surface area (Å²) >= 11 is 0. The van der Waals surface area contributed by atoms with Crippen LogP contribution in [-0.2, 0) is 13.1 Å². The van der Waals surface area contributed by atoms with Gasteiger partial charge in [0.1, 0.15) is 12.5 Å². The summed E-state index contributed by atoms with van der Waals surface area (Å²) in [5.41, 5.74) is 2.16. The van der Waals surface area contributed by atoms with Crippen molar-refractivity contribution in [2.75, 3.05) is 6.67 Å². The van der Waals surface area contributed by atoms with E-state index in [1.165, 1.54) is 4.57 Å². The minimum atomic E-state index is -0.990. The van der Waals surface area contributed by atoms with Crippen molar-refractivity contribution in [2.24, 2.45) is 0 Å². The van der Waals surface area contributed by atoms with Gasteiger partial charge in [-0.1, -0.05) is 0 Å². The van der Waals surface area contributed by atoms with E-state index in [0.29, 0.717) is 23.4 Å². The Morgan fingerprint density at radius 1 is 1.00 bits per heavy atom. The van der Waals surface area contributed by atoms with E-state index in [1.807, 2.05) is 16.8 Å². The topological polar surface area (TPSA) is 48.5 Å². The minimum absolute atomic E-state index is 0.0113. The molecule has 3 heterocycles. The summed E-state index contributed by atoms with van der Waals surface area (Å²) in [7, 11) is 0. The van der Waals surface area contributed by atoms with Gasteiger partial charge < -0.3 is 9.13 Å². The zero-order valence-corrected chi connectivity index (χ0v) is 13.6. The van der Waals surface area contributed by atoms with Gasteiger partial charge in [0, 0.05) is 42.5 Å². The van der Waals surface area contributed by atoms with E-state index in [2.05, 4.69) is 15.0 Å². The number of fused-ring (bicyclic) bond motifs is 1. The summed E-state index contributed by atoms with van der Waals surface area (Å²) < 4.78 is 43.6. The van der Waals surface area contributed by atoms with E-state index in [4.69, 9.17) is 0 Å². The molecular weight excluding hydrogens is 343 g/mol. The molecule has 4 aromatic rings. The molecule has 0 bridgehead atoms. The van der Waals surface area contributed by atoms with E-state index in [-0.39, 0.29) is 12.1 Å². The number of benzene rings is 1. The van der Waals surface area contributed by atoms with Crippen molar-refractivity contribution in [3.63, 3.8) is 0 Å². The highest BCUT2D eigenvalue weighted by Gasteiger charge is 2.16. The van der Waals surface area contributed by atoms with E-state index in [0.717, 1.165) is 17.7 Å². The number of nitrogens with zero attached hydrogens (tertiary/aromatic N) is 5. The van der Waals surface area contributed by atoms with Gasteiger partial charge in [-0.3, -0.25) is 4.98 Å². The van der Waals surface area contributed by atoms with Crippen LogP contribution in [0.4, 0.5) is 13.2 Å². The number of rotatable bonds is 5. The van der Waals surface area contributed by atoms with Crippen LogP contribution >= 0.6 is 0 Å². The summed E-state index contributed by atoms with van der Waals surface area (Å²) in [6.45, 7) is -0.101. The fourth-order valence-corrected chi connectivity index (χ4v) is 2.94. The molecule has 0 aliphatic carbocycles. The SMILES string of the molecule is FCCn1c(-c2cncc(Cn3ccnc3)c2)nc2cc(F)c(F)cc21. The Bertz CT molecular complexity index is 1060. The molecule has 0 atom stereocenters. The maximum Gasteiger partial charge on any atom is 0.161 e. The van der Waals surface area contributed by atoms with Crippen LogP contribution in [0.2, 0.25) is 0 Å². The van der Waals surface area contributed by atoms with Gasteiger partial charge in [0.25, 0.3) is 0 Å². The Kier molecular flexibility index (Phi) is 4.16. The zero-order chi connectivity index (χ0) is 18.1. The number of aryl methyl sites for hydroxylation is 1. The minimum Gasteiger partial charge on any atom is -0.333 e. The third-order valence-electron chi connectivity index (χ3n) is 4.08. The van der Waals surface area contributed by atoms with Crippen LogP contribution < -0.4 is 0 Å². The summed E-state index contributed by atoms with van der Waals surface area (Å²) in [4.78, 5) is 12.6. The fraction of sp³-hybridized carbons (Fsp3) is 0.167. The first-order chi connectivity index (χ1) is 12.7. The van der Waals surface area contributed by atoms with E-state index in [9.17, 15) is 13.2 Å². The van der Waals surface area contributed by atoms with Crippen LogP contribution in [0.15, 0.2) is 49.3 Å². The molecule has 0 aliphatic rings. The molecule has 0 radical (unpaired) electrons. The van der Waals surface area contributed by atoms with Crippen molar-refractivity contribution in [1.82, 2.24) is 24.1 Å². The number of alkyl halides is 1. The van der Waals surface area contributed by atoms with Crippen LogP contribution in [-0.4, -0.2) is 30.8 Å². The van der Waals surface area contributed by atoms with Crippen molar-refractivity contribution in [3.8, 4) is 11.4 Å². The number of aromatic nitrogens is 5. The maximum absolute atomic E-state index is 13.6. The predicted octanol–water partition coefficient (Wildman–Crippen LogP) is 3.59. The van der Waals surface area contributed by atoms with Crippen molar-refractivity contribution in [1.29, 1.82) is 0 Å². The summed E-state index contributed by atoms with van der Waals surface area (Å²) in [6.07, 6.45) is 8.51. The molecule has 4 rings (SSSR count). The van der Waals surface area contributed by atoms with Crippen LogP contribution in [0.25, 0.3) is 22.4 Å². The Morgan fingerprint density at radius 2 is 1.85 bits per heavy atom. The number of imidazole rings is 2. The van der Waals surface area contributed by atoms with Crippen molar-refractivity contribution in [3.05, 3.63) is 66.5 Å². The van der Waals surface area contributed by atoms with Crippen LogP contribution in [0.3, 0.4) is 0 Å². The molecule has 0 fully saturated rings. The number of hydrogen-bond acceptors (Lipinski definition) is 3. The molecule has 5 nitrogen and oxygen atoms in total.